The van der Waals surface area contributed by atoms with Crippen LogP contribution in [0, 0.1) is 0 Å². The van der Waals surface area contributed by atoms with Crippen LogP contribution in [0.1, 0.15) is 11.3 Å². The van der Waals surface area contributed by atoms with E-state index in [9.17, 15) is 5.11 Å². The number of aromatic hydroxyl groups is 1. The Morgan fingerprint density at radius 1 is 1.30 bits per heavy atom. The number of methoxy groups -OCH3 is 1. The third kappa shape index (κ3) is 2.37. The van der Waals surface area contributed by atoms with Gasteiger partial charge in [0, 0.05) is 12.1 Å². The van der Waals surface area contributed by atoms with Crippen molar-refractivity contribution in [1.82, 2.24) is 15.3 Å². The highest BCUT2D eigenvalue weighted by Crippen LogP contribution is 2.29. The number of phenols is 1. The number of para-hydroxylation sites is 2. The van der Waals surface area contributed by atoms with Crippen molar-refractivity contribution in [2.75, 3.05) is 19.0 Å². The largest absolute Gasteiger partial charge is 0.506 e. The van der Waals surface area contributed by atoms with Gasteiger partial charge in [-0.1, -0.05) is 12.1 Å². The minimum Gasteiger partial charge on any atom is -0.506 e. The number of hydrogen-bond acceptors (Lipinski definition) is 6. The fourth-order valence-corrected chi connectivity index (χ4v) is 2.24. The quantitative estimate of drug-likeness (QED) is 0.736. The van der Waals surface area contributed by atoms with E-state index in [0.717, 1.165) is 24.2 Å². The van der Waals surface area contributed by atoms with Gasteiger partial charge in [-0.15, -0.1) is 0 Å². The summed E-state index contributed by atoms with van der Waals surface area (Å²) in [5, 5.41) is 16.3. The van der Waals surface area contributed by atoms with Crippen molar-refractivity contribution >= 4 is 11.5 Å². The van der Waals surface area contributed by atoms with Crippen LogP contribution in [0.5, 0.6) is 11.8 Å². The minimum absolute atomic E-state index is 0.188. The van der Waals surface area contributed by atoms with Gasteiger partial charge >= 0.3 is 6.01 Å². The predicted molar refractivity (Wildman–Crippen MR) is 75.4 cm³/mol. The standard InChI is InChI=1S/C14H16N4O2/c1-20-14-17-11-8-15-7-6-9(11)13(18-14)16-10-4-2-3-5-12(10)19/h2-5,15,19H,6-8H2,1H3,(H,16,17,18). The molecule has 104 valence electrons. The van der Waals surface area contributed by atoms with Crippen molar-refractivity contribution in [3.05, 3.63) is 35.5 Å². The number of nitrogens with one attached hydrogen (secondary N) is 2. The van der Waals surface area contributed by atoms with Gasteiger partial charge in [-0.3, -0.25) is 0 Å². The lowest BCUT2D eigenvalue weighted by atomic mass is 10.1. The number of nitrogens with zero attached hydrogens (tertiary/aromatic N) is 2. The van der Waals surface area contributed by atoms with Crippen LogP contribution in [0.2, 0.25) is 0 Å². The Morgan fingerprint density at radius 2 is 2.15 bits per heavy atom. The van der Waals surface area contributed by atoms with Gasteiger partial charge in [0.1, 0.15) is 11.6 Å². The molecule has 20 heavy (non-hydrogen) atoms. The summed E-state index contributed by atoms with van der Waals surface area (Å²) in [5.74, 6) is 0.877. The van der Waals surface area contributed by atoms with Crippen molar-refractivity contribution in [3.8, 4) is 11.8 Å². The molecule has 1 aromatic heterocycles. The second-order valence-electron chi connectivity index (χ2n) is 4.55. The van der Waals surface area contributed by atoms with Gasteiger partial charge in [-0.2, -0.15) is 9.97 Å². The Labute approximate surface area is 116 Å². The van der Waals surface area contributed by atoms with Crippen molar-refractivity contribution < 1.29 is 9.84 Å². The second kappa shape index (κ2) is 5.34. The van der Waals surface area contributed by atoms with E-state index in [2.05, 4.69) is 20.6 Å². The molecule has 6 heteroatoms. The van der Waals surface area contributed by atoms with E-state index in [-0.39, 0.29) is 5.75 Å². The zero-order valence-corrected chi connectivity index (χ0v) is 11.2. The lowest BCUT2D eigenvalue weighted by Gasteiger charge is -2.20. The molecule has 0 bridgehead atoms. The van der Waals surface area contributed by atoms with Crippen LogP contribution in [0.3, 0.4) is 0 Å². The van der Waals surface area contributed by atoms with Gasteiger partial charge in [0.05, 0.1) is 18.5 Å². The Kier molecular flexibility index (Phi) is 3.39. The molecule has 0 fully saturated rings. The fourth-order valence-electron chi connectivity index (χ4n) is 2.24. The van der Waals surface area contributed by atoms with Crippen molar-refractivity contribution in [1.29, 1.82) is 0 Å². The van der Waals surface area contributed by atoms with Crippen LogP contribution in [-0.2, 0) is 13.0 Å². The molecule has 0 radical (unpaired) electrons. The molecule has 1 aromatic carbocycles. The van der Waals surface area contributed by atoms with Gasteiger partial charge in [-0.25, -0.2) is 0 Å². The molecule has 0 spiro atoms. The lowest BCUT2D eigenvalue weighted by Crippen LogP contribution is -2.26. The smallest absolute Gasteiger partial charge is 0.318 e. The van der Waals surface area contributed by atoms with E-state index in [0.29, 0.717) is 24.1 Å². The summed E-state index contributed by atoms with van der Waals surface area (Å²) in [6, 6.07) is 7.39. The van der Waals surface area contributed by atoms with E-state index in [1.165, 1.54) is 0 Å². The van der Waals surface area contributed by atoms with Crippen molar-refractivity contribution in [2.45, 2.75) is 13.0 Å². The topological polar surface area (TPSA) is 79.3 Å². The summed E-state index contributed by atoms with van der Waals surface area (Å²) in [4.78, 5) is 8.72. The van der Waals surface area contributed by atoms with Gasteiger partial charge in [-0.05, 0) is 25.1 Å². The highest BCUT2D eigenvalue weighted by Gasteiger charge is 2.18. The average Bonchev–Trinajstić information content (AvgIpc) is 2.49. The summed E-state index contributed by atoms with van der Waals surface area (Å²) in [7, 11) is 1.54. The van der Waals surface area contributed by atoms with Crippen LogP contribution in [-0.4, -0.2) is 28.7 Å². The minimum atomic E-state index is 0.188. The molecule has 6 nitrogen and oxygen atoms in total. The zero-order valence-electron chi connectivity index (χ0n) is 11.2. The normalized spacial score (nSPS) is 13.7. The fraction of sp³-hybridized carbons (Fsp3) is 0.286. The number of ether oxygens (including phenoxy) is 1. The number of rotatable bonds is 3. The number of benzene rings is 1. The van der Waals surface area contributed by atoms with Crippen LogP contribution in [0.4, 0.5) is 11.5 Å². The van der Waals surface area contributed by atoms with Crippen LogP contribution < -0.4 is 15.4 Å². The molecule has 0 saturated heterocycles. The molecule has 0 amide bonds. The highest BCUT2D eigenvalue weighted by atomic mass is 16.5. The first kappa shape index (κ1) is 12.7. The third-order valence-electron chi connectivity index (χ3n) is 3.26. The summed E-state index contributed by atoms with van der Waals surface area (Å²) >= 11 is 0. The predicted octanol–water partition coefficient (Wildman–Crippen LogP) is 1.58. The summed E-state index contributed by atoms with van der Waals surface area (Å²) < 4.78 is 5.14. The number of fused-ring (bicyclic) bond motifs is 1. The number of aromatic nitrogens is 2. The SMILES string of the molecule is COc1nc2c(c(Nc3ccccc3O)n1)CCNC2. The van der Waals surface area contributed by atoms with Gasteiger partial charge in [0.15, 0.2) is 0 Å². The van der Waals surface area contributed by atoms with Crippen molar-refractivity contribution in [3.63, 3.8) is 0 Å². The molecule has 1 aliphatic rings. The van der Waals surface area contributed by atoms with Gasteiger partial charge in [0.25, 0.3) is 0 Å². The highest BCUT2D eigenvalue weighted by molar-refractivity contribution is 5.66. The monoisotopic (exact) mass is 272 g/mol. The maximum absolute atomic E-state index is 9.85. The molecule has 3 rings (SSSR count). The number of hydrogen-bond donors (Lipinski definition) is 3. The Balaban J connectivity index is 2.02. The molecule has 0 aliphatic carbocycles. The molecule has 3 N–H and O–H groups in total. The zero-order chi connectivity index (χ0) is 13.9. The maximum atomic E-state index is 9.85. The molecular weight excluding hydrogens is 256 g/mol. The molecule has 0 unspecified atom stereocenters. The van der Waals surface area contributed by atoms with E-state index in [4.69, 9.17) is 4.74 Å². The van der Waals surface area contributed by atoms with Gasteiger partial charge in [0.2, 0.25) is 0 Å². The molecule has 0 saturated carbocycles. The number of phenolic OH excluding ortho intramolecular Hbond substituents is 1. The average molecular weight is 272 g/mol. The van der Waals surface area contributed by atoms with Gasteiger partial charge < -0.3 is 20.5 Å². The van der Waals surface area contributed by atoms with E-state index in [1.54, 1.807) is 25.3 Å². The first-order valence-corrected chi connectivity index (χ1v) is 6.47. The Morgan fingerprint density at radius 3 is 2.95 bits per heavy atom. The Bertz CT molecular complexity index is 631. The molecule has 1 aliphatic heterocycles. The lowest BCUT2D eigenvalue weighted by molar-refractivity contribution is 0.376. The summed E-state index contributed by atoms with van der Waals surface area (Å²) in [6.07, 6.45) is 0.843. The first-order chi connectivity index (χ1) is 9.78. The number of anilines is 2. The van der Waals surface area contributed by atoms with Crippen molar-refractivity contribution in [2.24, 2.45) is 0 Å². The van der Waals surface area contributed by atoms with Crippen LogP contribution in [0.25, 0.3) is 0 Å². The Hall–Kier alpha value is -2.34. The van der Waals surface area contributed by atoms with E-state index >= 15 is 0 Å². The molecule has 2 heterocycles. The first-order valence-electron chi connectivity index (χ1n) is 6.47. The molecular formula is C14H16N4O2. The van der Waals surface area contributed by atoms with Crippen LogP contribution >= 0.6 is 0 Å². The second-order valence-corrected chi connectivity index (χ2v) is 4.55. The van der Waals surface area contributed by atoms with E-state index < -0.39 is 0 Å². The summed E-state index contributed by atoms with van der Waals surface area (Å²) in [5.41, 5.74) is 2.61. The molecule has 2 aromatic rings. The third-order valence-corrected chi connectivity index (χ3v) is 3.26. The van der Waals surface area contributed by atoms with Crippen LogP contribution in [0.15, 0.2) is 24.3 Å². The maximum Gasteiger partial charge on any atom is 0.318 e. The molecule has 0 atom stereocenters. The summed E-state index contributed by atoms with van der Waals surface area (Å²) in [6.45, 7) is 1.59. The van der Waals surface area contributed by atoms with E-state index in [1.807, 2.05) is 6.07 Å².